The molecule has 0 unspecified atom stereocenters. The smallest absolute Gasteiger partial charge is 0.270 e. The van der Waals surface area contributed by atoms with E-state index in [2.05, 4.69) is 6.58 Å². The zero-order chi connectivity index (χ0) is 21.1. The Balaban J connectivity index is 0.00000320. The van der Waals surface area contributed by atoms with Crippen LogP contribution in [0.3, 0.4) is 0 Å². The van der Waals surface area contributed by atoms with Crippen LogP contribution in [0, 0.1) is 0 Å². The van der Waals surface area contributed by atoms with Gasteiger partial charge in [0.05, 0.1) is 16.2 Å². The molecule has 5 nitrogen and oxygen atoms in total. The maximum Gasteiger partial charge on any atom is 0.270 e. The van der Waals surface area contributed by atoms with Crippen molar-refractivity contribution >= 4 is 75.2 Å². The normalized spacial score (nSPS) is 13.4. The number of carbonyl (C=O) groups excluding carboxylic acids is 2. The van der Waals surface area contributed by atoms with Crippen LogP contribution in [0.4, 0.5) is 5.69 Å². The van der Waals surface area contributed by atoms with Gasteiger partial charge in [-0.3, -0.25) is 14.5 Å². The summed E-state index contributed by atoms with van der Waals surface area (Å²) in [5.41, 5.74) is 2.56. The summed E-state index contributed by atoms with van der Waals surface area (Å²) in [5.74, 6) is 0.280. The number of benzene rings is 2. The number of aromatic hydroxyl groups is 1. The van der Waals surface area contributed by atoms with E-state index in [0.29, 0.717) is 32.6 Å². The van der Waals surface area contributed by atoms with Gasteiger partial charge in [-0.05, 0) is 49.2 Å². The molecule has 1 saturated heterocycles. The van der Waals surface area contributed by atoms with Gasteiger partial charge in [-0.25, -0.2) is 0 Å². The molecule has 2 aromatic carbocycles. The van der Waals surface area contributed by atoms with Gasteiger partial charge in [-0.1, -0.05) is 50.0 Å². The number of phenolic OH excluding ortho intramolecular Hbond substituents is 1. The molecular formula is C22H21NNaO4S2. The third-order valence-electron chi connectivity index (χ3n) is 4.58. The molecule has 1 aliphatic rings. The van der Waals surface area contributed by atoms with E-state index in [1.54, 1.807) is 30.3 Å². The van der Waals surface area contributed by atoms with E-state index < -0.39 is 0 Å². The predicted octanol–water partition coefficient (Wildman–Crippen LogP) is 4.62. The second kappa shape index (κ2) is 10.6. The summed E-state index contributed by atoms with van der Waals surface area (Å²) in [7, 11) is 0. The van der Waals surface area contributed by atoms with Gasteiger partial charge >= 0.3 is 0 Å². The monoisotopic (exact) mass is 450 g/mol. The van der Waals surface area contributed by atoms with Crippen LogP contribution in [-0.4, -0.2) is 50.7 Å². The van der Waals surface area contributed by atoms with Crippen LogP contribution in [0.5, 0.6) is 11.5 Å². The molecule has 8 heteroatoms. The van der Waals surface area contributed by atoms with Crippen molar-refractivity contribution in [3.63, 3.8) is 0 Å². The molecule has 0 atom stereocenters. The van der Waals surface area contributed by atoms with Crippen molar-refractivity contribution in [2.75, 3.05) is 4.90 Å². The van der Waals surface area contributed by atoms with Gasteiger partial charge in [0.15, 0.2) is 10.1 Å². The van der Waals surface area contributed by atoms with Crippen LogP contribution in [0.15, 0.2) is 47.9 Å². The molecule has 0 saturated carbocycles. The quantitative estimate of drug-likeness (QED) is 0.287. The zero-order valence-electron chi connectivity index (χ0n) is 17.2. The number of nitrogens with zero attached hydrogens (tertiary/aromatic N) is 1. The van der Waals surface area contributed by atoms with Crippen molar-refractivity contribution in [2.24, 2.45) is 0 Å². The SMILES string of the molecule is C=C1SC(=S)N(c2ccc(OCc3ccc(C(C)=O)c(O)c3CCC)cc2)C1=O.[Na]. The largest absolute Gasteiger partial charge is 0.507 e. The standard InChI is InChI=1S/C22H21NO4S2.Na/c1-4-5-19-15(6-11-18(13(2)24)20(19)25)12-27-17-9-7-16(8-10-17)23-21(26)14(3)29-22(23)28;/h6-11,25H,3-5,12H2,1-2H3;. The number of hydrogen-bond acceptors (Lipinski definition) is 6. The van der Waals surface area contributed by atoms with Crippen molar-refractivity contribution in [3.8, 4) is 11.5 Å². The molecule has 151 valence electrons. The molecule has 3 rings (SSSR count). The number of phenols is 1. The van der Waals surface area contributed by atoms with Crippen molar-refractivity contribution in [1.29, 1.82) is 0 Å². The predicted molar refractivity (Wildman–Crippen MR) is 125 cm³/mol. The maximum absolute atomic E-state index is 12.2. The molecule has 2 aromatic rings. The summed E-state index contributed by atoms with van der Waals surface area (Å²) >= 11 is 6.42. The van der Waals surface area contributed by atoms with Crippen LogP contribution in [-0.2, 0) is 17.8 Å². The van der Waals surface area contributed by atoms with Crippen LogP contribution >= 0.6 is 24.0 Å². The van der Waals surface area contributed by atoms with Crippen molar-refractivity contribution in [2.45, 2.75) is 33.3 Å². The first-order chi connectivity index (χ1) is 13.8. The van der Waals surface area contributed by atoms with Gasteiger partial charge in [-0.15, -0.1) is 0 Å². The topological polar surface area (TPSA) is 66.8 Å². The van der Waals surface area contributed by atoms with Gasteiger partial charge in [0, 0.05) is 35.1 Å². The second-order valence-corrected chi connectivity index (χ2v) is 8.35. The molecule has 1 N–H and O–H groups in total. The molecule has 1 aliphatic heterocycles. The number of ketones is 1. The molecule has 1 radical (unpaired) electrons. The van der Waals surface area contributed by atoms with Crippen LogP contribution in [0.25, 0.3) is 0 Å². The van der Waals surface area contributed by atoms with E-state index in [4.69, 9.17) is 17.0 Å². The number of rotatable bonds is 7. The molecule has 30 heavy (non-hydrogen) atoms. The first kappa shape index (κ1) is 24.6. The van der Waals surface area contributed by atoms with Gasteiger partial charge in [0.25, 0.3) is 5.91 Å². The number of ether oxygens (including phenoxy) is 1. The minimum absolute atomic E-state index is 0. The Bertz CT molecular complexity index is 1000. The molecule has 0 bridgehead atoms. The van der Waals surface area contributed by atoms with E-state index >= 15 is 0 Å². The fourth-order valence-corrected chi connectivity index (χ4v) is 4.26. The van der Waals surface area contributed by atoms with Crippen molar-refractivity contribution in [3.05, 3.63) is 64.6 Å². The average Bonchev–Trinajstić information content (AvgIpc) is 2.94. The summed E-state index contributed by atoms with van der Waals surface area (Å²) < 4.78 is 6.33. The number of Topliss-reactive ketones (excluding diaryl/α,β-unsaturated/α-hetero) is 1. The zero-order valence-corrected chi connectivity index (χ0v) is 20.9. The second-order valence-electron chi connectivity index (χ2n) is 6.62. The third-order valence-corrected chi connectivity index (χ3v) is 5.79. The Morgan fingerprint density at radius 2 is 1.90 bits per heavy atom. The van der Waals surface area contributed by atoms with Crippen LogP contribution < -0.4 is 9.64 Å². The van der Waals surface area contributed by atoms with Crippen LogP contribution in [0.1, 0.15) is 41.8 Å². The molecule has 1 fully saturated rings. The van der Waals surface area contributed by atoms with E-state index in [-0.39, 0.29) is 53.6 Å². The molecule has 0 aromatic heterocycles. The third kappa shape index (κ3) is 5.15. The van der Waals surface area contributed by atoms with Crippen molar-refractivity contribution in [1.82, 2.24) is 0 Å². The van der Waals surface area contributed by atoms with E-state index in [1.807, 2.05) is 13.0 Å². The Kier molecular flexibility index (Phi) is 8.70. The summed E-state index contributed by atoms with van der Waals surface area (Å²) in [4.78, 5) is 25.7. The van der Waals surface area contributed by atoms with E-state index in [1.165, 1.54) is 23.6 Å². The molecule has 0 spiro atoms. The molecule has 1 amide bonds. The fourth-order valence-electron chi connectivity index (χ4n) is 3.10. The first-order valence-corrected chi connectivity index (χ1v) is 10.4. The number of anilines is 1. The summed E-state index contributed by atoms with van der Waals surface area (Å²) in [6, 6.07) is 10.5. The van der Waals surface area contributed by atoms with Gasteiger partial charge in [-0.2, -0.15) is 0 Å². The first-order valence-electron chi connectivity index (χ1n) is 9.16. The van der Waals surface area contributed by atoms with Crippen molar-refractivity contribution < 1.29 is 19.4 Å². The van der Waals surface area contributed by atoms with E-state index in [9.17, 15) is 14.7 Å². The fraction of sp³-hybridized carbons (Fsp3) is 0.227. The Morgan fingerprint density at radius 3 is 2.43 bits per heavy atom. The number of thioether (sulfide) groups is 1. The van der Waals surface area contributed by atoms with Crippen LogP contribution in [0.2, 0.25) is 0 Å². The van der Waals surface area contributed by atoms with Gasteiger partial charge in [0.2, 0.25) is 0 Å². The van der Waals surface area contributed by atoms with Gasteiger partial charge < -0.3 is 9.84 Å². The number of carbonyl (C=O) groups is 2. The Morgan fingerprint density at radius 1 is 1.23 bits per heavy atom. The Labute approximate surface area is 207 Å². The minimum Gasteiger partial charge on any atom is -0.507 e. The summed E-state index contributed by atoms with van der Waals surface area (Å²) in [5, 5.41) is 10.5. The number of amides is 1. The number of hydrogen-bond donors (Lipinski definition) is 1. The van der Waals surface area contributed by atoms with Gasteiger partial charge in [0.1, 0.15) is 18.1 Å². The average molecular weight is 451 g/mol. The number of thiocarbonyl (C=S) groups is 1. The summed E-state index contributed by atoms with van der Waals surface area (Å²) in [6.45, 7) is 7.42. The molecule has 1 heterocycles. The maximum atomic E-state index is 12.2. The molecular weight excluding hydrogens is 429 g/mol. The van der Waals surface area contributed by atoms with E-state index in [0.717, 1.165) is 17.5 Å². The Hall–Kier alpha value is -1.64. The summed E-state index contributed by atoms with van der Waals surface area (Å²) in [6.07, 6.45) is 1.49. The minimum atomic E-state index is -0.209. The molecule has 0 aliphatic carbocycles.